The number of hydrogen-bond acceptors (Lipinski definition) is 2. The molecule has 0 unspecified atom stereocenters. The molecule has 0 saturated carbocycles. The summed E-state index contributed by atoms with van der Waals surface area (Å²) in [6.07, 6.45) is 0.841. The summed E-state index contributed by atoms with van der Waals surface area (Å²) in [7, 11) is 0. The number of nitrogens with one attached hydrogen (secondary N) is 1. The van der Waals surface area contributed by atoms with E-state index < -0.39 is 0 Å². The van der Waals surface area contributed by atoms with Crippen LogP contribution >= 0.6 is 0 Å². The lowest BCUT2D eigenvalue weighted by molar-refractivity contribution is 0.207. The first kappa shape index (κ1) is 13.2. The summed E-state index contributed by atoms with van der Waals surface area (Å²) in [5.41, 5.74) is 2.78. The van der Waals surface area contributed by atoms with E-state index in [9.17, 15) is 0 Å². The van der Waals surface area contributed by atoms with Gasteiger partial charge in [-0.1, -0.05) is 43.7 Å². The predicted molar refractivity (Wildman–Crippen MR) is 68.4 cm³/mol. The zero-order valence-electron chi connectivity index (χ0n) is 10.6. The quantitative estimate of drug-likeness (QED) is 0.773. The van der Waals surface area contributed by atoms with E-state index in [1.807, 2.05) is 0 Å². The largest absolute Gasteiger partial charge is 0.396 e. The average molecular weight is 221 g/mol. The molecule has 16 heavy (non-hydrogen) atoms. The highest BCUT2D eigenvalue weighted by Crippen LogP contribution is 2.18. The second-order valence-electron chi connectivity index (χ2n) is 5.23. The van der Waals surface area contributed by atoms with Crippen LogP contribution in [-0.4, -0.2) is 18.3 Å². The van der Waals surface area contributed by atoms with Crippen LogP contribution in [-0.2, 0) is 6.54 Å². The van der Waals surface area contributed by atoms with Crippen LogP contribution in [0.3, 0.4) is 0 Å². The maximum Gasteiger partial charge on any atom is 0.0436 e. The highest BCUT2D eigenvalue weighted by atomic mass is 16.3. The fourth-order valence-corrected chi connectivity index (χ4v) is 1.76. The number of hydrogen-bond donors (Lipinski definition) is 2. The minimum atomic E-state index is 0.165. The lowest BCUT2D eigenvalue weighted by Gasteiger charge is -2.24. The van der Waals surface area contributed by atoms with E-state index in [2.05, 4.69) is 50.4 Å². The van der Waals surface area contributed by atoms with Crippen LogP contribution in [0.25, 0.3) is 0 Å². The van der Waals surface area contributed by atoms with Gasteiger partial charge in [-0.15, -0.1) is 0 Å². The van der Waals surface area contributed by atoms with Gasteiger partial charge in [0.15, 0.2) is 0 Å². The first-order chi connectivity index (χ1) is 7.53. The van der Waals surface area contributed by atoms with Gasteiger partial charge in [-0.25, -0.2) is 0 Å². The van der Waals surface area contributed by atoms with E-state index >= 15 is 0 Å². The molecule has 2 N–H and O–H groups in total. The Bertz CT molecular complexity index is 320. The molecule has 1 aromatic carbocycles. The van der Waals surface area contributed by atoms with Crippen LogP contribution in [0.2, 0.25) is 0 Å². The van der Waals surface area contributed by atoms with E-state index in [-0.39, 0.29) is 12.0 Å². The van der Waals surface area contributed by atoms with Crippen molar-refractivity contribution < 1.29 is 5.11 Å². The molecule has 2 heteroatoms. The van der Waals surface area contributed by atoms with Gasteiger partial charge in [0.05, 0.1) is 0 Å². The van der Waals surface area contributed by atoms with Gasteiger partial charge in [0, 0.05) is 19.7 Å². The summed E-state index contributed by atoms with van der Waals surface area (Å²) in [4.78, 5) is 0. The molecule has 0 aliphatic carbocycles. The molecular weight excluding hydrogens is 198 g/mol. The topological polar surface area (TPSA) is 32.3 Å². The third-order valence-electron chi connectivity index (χ3n) is 2.80. The molecule has 0 amide bonds. The molecule has 0 heterocycles. The molecule has 1 rings (SSSR count). The standard InChI is InChI=1S/C14H23NO/c1-12-5-4-6-13(9-12)10-15-11-14(2,3)7-8-16/h4-6,9,15-16H,7-8,10-11H2,1-3H3. The molecule has 0 fully saturated rings. The molecule has 90 valence electrons. The van der Waals surface area contributed by atoms with E-state index in [0.29, 0.717) is 0 Å². The summed E-state index contributed by atoms with van der Waals surface area (Å²) < 4.78 is 0. The molecular formula is C14H23NO. The molecule has 1 aromatic rings. The fourth-order valence-electron chi connectivity index (χ4n) is 1.76. The Balaban J connectivity index is 2.35. The second kappa shape index (κ2) is 6.02. The maximum atomic E-state index is 8.93. The Kier molecular flexibility index (Phi) is 4.97. The summed E-state index contributed by atoms with van der Waals surface area (Å²) in [6.45, 7) is 8.55. The van der Waals surface area contributed by atoms with Crippen LogP contribution in [0.1, 0.15) is 31.4 Å². The van der Waals surface area contributed by atoms with E-state index in [4.69, 9.17) is 5.11 Å². The molecule has 2 nitrogen and oxygen atoms in total. The third-order valence-corrected chi connectivity index (χ3v) is 2.80. The molecule has 0 spiro atoms. The van der Waals surface area contributed by atoms with Crippen molar-refractivity contribution in [1.82, 2.24) is 5.32 Å². The average Bonchev–Trinajstić information content (AvgIpc) is 2.17. The highest BCUT2D eigenvalue weighted by Gasteiger charge is 2.15. The van der Waals surface area contributed by atoms with Crippen LogP contribution in [0.15, 0.2) is 24.3 Å². The van der Waals surface area contributed by atoms with Gasteiger partial charge < -0.3 is 10.4 Å². The SMILES string of the molecule is Cc1cccc(CNCC(C)(C)CCO)c1. The van der Waals surface area contributed by atoms with Crippen molar-refractivity contribution in [3.63, 3.8) is 0 Å². The number of aryl methyl sites for hydroxylation is 1. The van der Waals surface area contributed by atoms with Crippen LogP contribution in [0.5, 0.6) is 0 Å². The molecule has 0 saturated heterocycles. The monoisotopic (exact) mass is 221 g/mol. The second-order valence-corrected chi connectivity index (χ2v) is 5.23. The smallest absolute Gasteiger partial charge is 0.0436 e. The minimum absolute atomic E-state index is 0.165. The van der Waals surface area contributed by atoms with Crippen LogP contribution in [0.4, 0.5) is 0 Å². The number of rotatable bonds is 6. The minimum Gasteiger partial charge on any atom is -0.396 e. The first-order valence-corrected chi connectivity index (χ1v) is 5.91. The number of aliphatic hydroxyl groups is 1. The highest BCUT2D eigenvalue weighted by molar-refractivity contribution is 5.21. The number of aliphatic hydroxyl groups excluding tert-OH is 1. The fraction of sp³-hybridized carbons (Fsp3) is 0.571. The van der Waals surface area contributed by atoms with Gasteiger partial charge in [-0.05, 0) is 24.3 Å². The Labute approximate surface area is 98.7 Å². The van der Waals surface area contributed by atoms with Gasteiger partial charge >= 0.3 is 0 Å². The van der Waals surface area contributed by atoms with E-state index in [1.165, 1.54) is 11.1 Å². The molecule has 0 aliphatic heterocycles. The Morgan fingerprint density at radius 1 is 1.31 bits per heavy atom. The summed E-state index contributed by atoms with van der Waals surface area (Å²) in [6, 6.07) is 8.54. The van der Waals surface area contributed by atoms with Crippen molar-refractivity contribution in [2.75, 3.05) is 13.2 Å². The molecule has 0 aliphatic rings. The van der Waals surface area contributed by atoms with Crippen molar-refractivity contribution in [3.8, 4) is 0 Å². The Hall–Kier alpha value is -0.860. The molecule has 0 bridgehead atoms. The van der Waals surface area contributed by atoms with Crippen LogP contribution in [0, 0.1) is 12.3 Å². The first-order valence-electron chi connectivity index (χ1n) is 5.91. The van der Waals surface area contributed by atoms with Crippen molar-refractivity contribution in [2.24, 2.45) is 5.41 Å². The Morgan fingerprint density at radius 3 is 2.69 bits per heavy atom. The summed E-state index contributed by atoms with van der Waals surface area (Å²) in [5.74, 6) is 0. The van der Waals surface area contributed by atoms with E-state index in [0.717, 1.165) is 19.5 Å². The van der Waals surface area contributed by atoms with Crippen LogP contribution < -0.4 is 5.32 Å². The van der Waals surface area contributed by atoms with Gasteiger partial charge in [-0.3, -0.25) is 0 Å². The van der Waals surface area contributed by atoms with Crippen molar-refractivity contribution in [2.45, 2.75) is 33.7 Å². The lowest BCUT2D eigenvalue weighted by Crippen LogP contribution is -2.29. The summed E-state index contributed by atoms with van der Waals surface area (Å²) >= 11 is 0. The van der Waals surface area contributed by atoms with Crippen molar-refractivity contribution in [3.05, 3.63) is 35.4 Å². The molecule has 0 radical (unpaired) electrons. The molecule has 0 atom stereocenters. The summed E-state index contributed by atoms with van der Waals surface area (Å²) in [5, 5.41) is 12.4. The normalized spacial score (nSPS) is 11.8. The van der Waals surface area contributed by atoms with Gasteiger partial charge in [0.1, 0.15) is 0 Å². The molecule has 0 aromatic heterocycles. The Morgan fingerprint density at radius 2 is 2.06 bits per heavy atom. The maximum absolute atomic E-state index is 8.93. The number of benzene rings is 1. The van der Waals surface area contributed by atoms with Gasteiger partial charge in [-0.2, -0.15) is 0 Å². The zero-order chi connectivity index (χ0) is 12.0. The third kappa shape index (κ3) is 4.77. The van der Waals surface area contributed by atoms with Gasteiger partial charge in [0.2, 0.25) is 0 Å². The van der Waals surface area contributed by atoms with Gasteiger partial charge in [0.25, 0.3) is 0 Å². The van der Waals surface area contributed by atoms with Crippen molar-refractivity contribution >= 4 is 0 Å². The lowest BCUT2D eigenvalue weighted by atomic mass is 9.90. The van der Waals surface area contributed by atoms with E-state index in [1.54, 1.807) is 0 Å². The van der Waals surface area contributed by atoms with Crippen molar-refractivity contribution in [1.29, 1.82) is 0 Å². The zero-order valence-corrected chi connectivity index (χ0v) is 10.6. The predicted octanol–water partition coefficient (Wildman–Crippen LogP) is 2.49.